The molecule has 0 radical (unpaired) electrons. The second-order valence-electron chi connectivity index (χ2n) is 14.7. The molecule has 0 saturated heterocycles. The maximum Gasteiger partial charge on any atom is 0.488 e. The number of halogens is 3. The van der Waals surface area contributed by atoms with Crippen molar-refractivity contribution in [2.75, 3.05) is 18.3 Å². The van der Waals surface area contributed by atoms with Gasteiger partial charge in [0.05, 0.1) is 11.4 Å². The SMILES string of the molecule is Brc1ccccn1.CBr.CBr.CP(=O)(c1ccccc1)c1ccccc1.O=[P+](c1ccccc1)c1ccccc1.OB(O)c1ccccc1.c1ccc(-c2ccccn2)cc1.c1ccc(-c2ccccn2)cc1. The van der Waals surface area contributed by atoms with E-state index in [0.717, 1.165) is 48.3 Å². The molecule has 73 heavy (non-hydrogen) atoms. The van der Waals surface area contributed by atoms with Gasteiger partial charge < -0.3 is 14.6 Å². The molecule has 0 atom stereocenters. The third kappa shape index (κ3) is 23.9. The number of alkyl halides is 2. The Morgan fingerprint density at radius 2 is 0.685 bits per heavy atom. The Balaban J connectivity index is 0.000000231. The second-order valence-corrected chi connectivity index (χ2v) is 20.0. The van der Waals surface area contributed by atoms with E-state index in [1.165, 1.54) is 0 Å². The van der Waals surface area contributed by atoms with E-state index in [-0.39, 0.29) is 0 Å². The Morgan fingerprint density at radius 3 is 0.945 bits per heavy atom. The molecule has 0 bridgehead atoms. The molecular formula is C60H58BBr3N3O4P2+. The standard InChI is InChI=1S/C13H13OP.C12H10OP.2C11H9N.C6H7BO2.C5H4BrN.2CH3Br/c1-15(14,12-8-4-2-5-9-12)13-10-6-3-7-11-13;13-14(11-7-3-1-4-8-11)12-9-5-2-6-10-12;2*1-2-6-10(7-3-1)11-8-4-5-9-12-11;8-7(9)6-4-2-1-3-5-6;6-5-3-1-2-4-7-5;2*1-2/h2-11H,1H3;1-10H;2*1-9H;1-5,8-9H;1-4H;2*1H3/q;+1;;;;;;. The van der Waals surface area contributed by atoms with Crippen LogP contribution in [-0.4, -0.2) is 50.4 Å². The van der Waals surface area contributed by atoms with Crippen LogP contribution in [0.3, 0.4) is 0 Å². The molecule has 13 heteroatoms. The van der Waals surface area contributed by atoms with Crippen molar-refractivity contribution >= 4 is 96.5 Å². The van der Waals surface area contributed by atoms with E-state index in [4.69, 9.17) is 10.0 Å². The molecule has 10 rings (SSSR count). The Labute approximate surface area is 458 Å². The van der Waals surface area contributed by atoms with E-state index in [0.29, 0.717) is 5.46 Å². The molecule has 0 saturated carbocycles. The van der Waals surface area contributed by atoms with Crippen LogP contribution in [0.5, 0.6) is 0 Å². The summed E-state index contributed by atoms with van der Waals surface area (Å²) in [6.07, 6.45) is 5.36. The lowest BCUT2D eigenvalue weighted by atomic mass is 9.81. The summed E-state index contributed by atoms with van der Waals surface area (Å²) in [6.45, 7) is 1.82. The molecule has 2 N–H and O–H groups in total. The Bertz CT molecular complexity index is 2720. The van der Waals surface area contributed by atoms with Crippen LogP contribution < -0.4 is 26.7 Å². The molecule has 3 aromatic heterocycles. The van der Waals surface area contributed by atoms with Crippen LogP contribution in [0.25, 0.3) is 22.5 Å². The number of hydrogen-bond acceptors (Lipinski definition) is 7. The smallest absolute Gasteiger partial charge is 0.423 e. The lowest BCUT2D eigenvalue weighted by Crippen LogP contribution is -2.29. The number of pyridine rings is 3. The molecule has 0 spiro atoms. The summed E-state index contributed by atoms with van der Waals surface area (Å²) in [5.41, 5.74) is 4.91. The summed E-state index contributed by atoms with van der Waals surface area (Å²) in [7, 11) is -5.16. The Kier molecular flexibility index (Phi) is 31.3. The molecule has 7 nitrogen and oxygen atoms in total. The van der Waals surface area contributed by atoms with E-state index < -0.39 is 22.1 Å². The van der Waals surface area contributed by atoms with Gasteiger partial charge in [-0.15, -0.1) is 0 Å². The van der Waals surface area contributed by atoms with Crippen molar-refractivity contribution in [2.24, 2.45) is 0 Å². The molecule has 0 aliphatic carbocycles. The molecule has 3 heterocycles. The summed E-state index contributed by atoms with van der Waals surface area (Å²) in [5, 5.41) is 20.8. The minimum absolute atomic E-state index is 0.525. The summed E-state index contributed by atoms with van der Waals surface area (Å²) in [5.74, 6) is 3.62. The lowest BCUT2D eigenvalue weighted by molar-refractivity contribution is 0.426. The van der Waals surface area contributed by atoms with Gasteiger partial charge in [0.25, 0.3) is 0 Å². The normalized spacial score (nSPS) is 9.48. The minimum atomic E-state index is -2.40. The minimum Gasteiger partial charge on any atom is -0.423 e. The summed E-state index contributed by atoms with van der Waals surface area (Å²) in [4.78, 5) is 12.4. The van der Waals surface area contributed by atoms with Gasteiger partial charge in [0, 0.05) is 40.3 Å². The van der Waals surface area contributed by atoms with Gasteiger partial charge >= 0.3 is 14.9 Å². The largest absolute Gasteiger partial charge is 0.488 e. The van der Waals surface area contributed by atoms with Gasteiger partial charge in [0.15, 0.2) is 10.6 Å². The third-order valence-corrected chi connectivity index (χ3v) is 14.2. The molecule has 0 aliphatic rings. The molecule has 0 amide bonds. The van der Waals surface area contributed by atoms with E-state index in [2.05, 4.69) is 87.0 Å². The highest BCUT2D eigenvalue weighted by Gasteiger charge is 2.22. The molecule has 7 aromatic carbocycles. The third-order valence-electron chi connectivity index (χ3n) is 9.67. The van der Waals surface area contributed by atoms with E-state index in [1.807, 2.05) is 249 Å². The molecule has 0 aliphatic heterocycles. The fraction of sp³-hybridized carbons (Fsp3) is 0.0500. The number of rotatable bonds is 7. The van der Waals surface area contributed by atoms with Crippen molar-refractivity contribution in [2.45, 2.75) is 0 Å². The zero-order chi connectivity index (χ0) is 52.8. The summed E-state index contributed by atoms with van der Waals surface area (Å²) in [6, 6.07) is 84.9. The van der Waals surface area contributed by atoms with Gasteiger partial charge in [0.2, 0.25) is 0 Å². The highest BCUT2D eigenvalue weighted by Crippen LogP contribution is 2.38. The topological polar surface area (TPSA) is 113 Å². The van der Waals surface area contributed by atoms with Gasteiger partial charge in [-0.05, 0) is 100 Å². The van der Waals surface area contributed by atoms with Gasteiger partial charge in [-0.25, -0.2) is 4.98 Å². The quantitative estimate of drug-likeness (QED) is 0.0707. The zero-order valence-electron chi connectivity index (χ0n) is 40.8. The Hall–Kier alpha value is -6.26. The van der Waals surface area contributed by atoms with Gasteiger partial charge in [-0.1, -0.05) is 243 Å². The van der Waals surface area contributed by atoms with Crippen LogP contribution >= 0.6 is 62.7 Å². The number of aromatic nitrogens is 3. The van der Waals surface area contributed by atoms with E-state index in [1.54, 1.807) is 30.5 Å². The van der Waals surface area contributed by atoms with E-state index >= 15 is 0 Å². The van der Waals surface area contributed by atoms with Crippen molar-refractivity contribution in [1.82, 2.24) is 15.0 Å². The van der Waals surface area contributed by atoms with Gasteiger partial charge in [-0.2, -0.15) is 0 Å². The first kappa shape index (κ1) is 61.0. The summed E-state index contributed by atoms with van der Waals surface area (Å²) >= 11 is 9.08. The maximum absolute atomic E-state index is 12.6. The average Bonchev–Trinajstić information content (AvgIpc) is 3.49. The van der Waals surface area contributed by atoms with Gasteiger partial charge in [0.1, 0.15) is 11.7 Å². The highest BCUT2D eigenvalue weighted by molar-refractivity contribution is 9.10. The predicted molar refractivity (Wildman–Crippen MR) is 323 cm³/mol. The maximum atomic E-state index is 12.6. The predicted octanol–water partition coefficient (Wildman–Crippen LogP) is 13.8. The first-order valence-corrected chi connectivity index (χ1v) is 30.0. The first-order chi connectivity index (χ1) is 35.7. The fourth-order valence-electron chi connectivity index (χ4n) is 6.10. The molecule has 370 valence electrons. The molecule has 0 unspecified atom stereocenters. The van der Waals surface area contributed by atoms with E-state index in [9.17, 15) is 9.13 Å². The first-order valence-electron chi connectivity index (χ1n) is 22.6. The fourth-order valence-corrected chi connectivity index (χ4v) is 9.34. The van der Waals surface area contributed by atoms with Crippen LogP contribution in [0.2, 0.25) is 0 Å². The van der Waals surface area contributed by atoms with Gasteiger partial charge in [-0.3, -0.25) is 9.97 Å². The average molecular weight is 1200 g/mol. The van der Waals surface area contributed by atoms with Crippen LogP contribution in [-0.2, 0) is 9.13 Å². The highest BCUT2D eigenvalue weighted by atomic mass is 79.9. The summed E-state index contributed by atoms with van der Waals surface area (Å²) < 4.78 is 25.5. The molecule has 0 fully saturated rings. The monoisotopic (exact) mass is 1190 g/mol. The van der Waals surface area contributed by atoms with Crippen LogP contribution in [0.4, 0.5) is 0 Å². The lowest BCUT2D eigenvalue weighted by Gasteiger charge is -2.13. The van der Waals surface area contributed by atoms with Crippen molar-refractivity contribution in [3.05, 3.63) is 290 Å². The van der Waals surface area contributed by atoms with Crippen LogP contribution in [0, 0.1) is 0 Å². The van der Waals surface area contributed by atoms with Crippen molar-refractivity contribution in [3.63, 3.8) is 0 Å². The molecular weight excluding hydrogens is 1140 g/mol. The number of nitrogens with zero attached hydrogens (tertiary/aromatic N) is 3. The molecule has 10 aromatic rings. The zero-order valence-corrected chi connectivity index (χ0v) is 47.3. The van der Waals surface area contributed by atoms with Crippen molar-refractivity contribution in [1.29, 1.82) is 0 Å². The van der Waals surface area contributed by atoms with Crippen molar-refractivity contribution < 1.29 is 19.2 Å². The number of benzene rings is 7. The van der Waals surface area contributed by atoms with Crippen LogP contribution in [0.15, 0.2) is 290 Å². The van der Waals surface area contributed by atoms with Crippen LogP contribution in [0.1, 0.15) is 0 Å². The Morgan fingerprint density at radius 1 is 0.397 bits per heavy atom. The number of hydrogen-bond donors (Lipinski definition) is 2. The second kappa shape index (κ2) is 37.5. The van der Waals surface area contributed by atoms with Crippen molar-refractivity contribution in [3.8, 4) is 22.5 Å².